The minimum Gasteiger partial charge on any atom is -0.363 e. The van der Waals surface area contributed by atoms with Gasteiger partial charge in [0.05, 0.1) is 6.54 Å². The first-order valence-electron chi connectivity index (χ1n) is 7.88. The van der Waals surface area contributed by atoms with E-state index in [1.807, 2.05) is 51.9 Å². The summed E-state index contributed by atoms with van der Waals surface area (Å²) >= 11 is 0. The summed E-state index contributed by atoms with van der Waals surface area (Å²) < 4.78 is 13.2. The maximum Gasteiger partial charge on any atom is 0.232 e. The van der Waals surface area contributed by atoms with Gasteiger partial charge in [0.2, 0.25) is 5.91 Å². The number of anilines is 2. The zero-order chi connectivity index (χ0) is 17.9. The Kier molecular flexibility index (Phi) is 5.22. The van der Waals surface area contributed by atoms with Gasteiger partial charge >= 0.3 is 0 Å². The number of carbonyl (C=O) groups is 1. The highest BCUT2D eigenvalue weighted by Crippen LogP contribution is 2.25. The van der Waals surface area contributed by atoms with Gasteiger partial charge in [0.15, 0.2) is 0 Å². The Balaban J connectivity index is 2.32. The molecule has 0 N–H and O–H groups in total. The maximum atomic E-state index is 13.2. The third-order valence-corrected chi connectivity index (χ3v) is 3.63. The Morgan fingerprint density at radius 1 is 1.08 bits per heavy atom. The molecule has 0 saturated heterocycles. The largest absolute Gasteiger partial charge is 0.363 e. The van der Waals surface area contributed by atoms with Crippen LogP contribution in [0.15, 0.2) is 42.6 Å². The number of nitrogens with zero attached hydrogens (tertiary/aromatic N) is 3. The van der Waals surface area contributed by atoms with Crippen LogP contribution in [-0.2, 0) is 11.3 Å². The van der Waals surface area contributed by atoms with E-state index in [1.165, 1.54) is 12.1 Å². The molecule has 0 fully saturated rings. The molecule has 1 aromatic heterocycles. The SMILES string of the molecule is CN(C)c1ccc(CN(C(=O)C(C)(C)C)c2ccc(F)cc2)cn1. The summed E-state index contributed by atoms with van der Waals surface area (Å²) in [7, 11) is 3.85. The molecule has 2 rings (SSSR count). The lowest BCUT2D eigenvalue weighted by Crippen LogP contribution is -2.39. The quantitative estimate of drug-likeness (QED) is 0.854. The summed E-state index contributed by atoms with van der Waals surface area (Å²) in [6, 6.07) is 9.85. The van der Waals surface area contributed by atoms with Crippen molar-refractivity contribution in [2.45, 2.75) is 27.3 Å². The number of rotatable bonds is 4. The average molecular weight is 329 g/mol. The van der Waals surface area contributed by atoms with Gasteiger partial charge in [0.1, 0.15) is 11.6 Å². The molecular weight excluding hydrogens is 305 g/mol. The van der Waals surface area contributed by atoms with E-state index in [9.17, 15) is 9.18 Å². The summed E-state index contributed by atoms with van der Waals surface area (Å²) in [5.74, 6) is 0.513. The van der Waals surface area contributed by atoms with Crippen molar-refractivity contribution in [2.24, 2.45) is 5.41 Å². The highest BCUT2D eigenvalue weighted by atomic mass is 19.1. The van der Waals surface area contributed by atoms with Crippen molar-refractivity contribution in [3.05, 3.63) is 54.0 Å². The molecule has 0 bridgehead atoms. The maximum absolute atomic E-state index is 13.2. The molecule has 5 heteroatoms. The topological polar surface area (TPSA) is 36.4 Å². The van der Waals surface area contributed by atoms with Crippen molar-refractivity contribution in [2.75, 3.05) is 23.9 Å². The van der Waals surface area contributed by atoms with E-state index in [-0.39, 0.29) is 11.7 Å². The summed E-state index contributed by atoms with van der Waals surface area (Å²) in [5.41, 5.74) is 1.06. The number of hydrogen-bond acceptors (Lipinski definition) is 3. The lowest BCUT2D eigenvalue weighted by molar-refractivity contribution is -0.125. The third-order valence-electron chi connectivity index (χ3n) is 3.63. The number of aromatic nitrogens is 1. The number of carbonyl (C=O) groups excluding carboxylic acids is 1. The van der Waals surface area contributed by atoms with Crippen molar-refractivity contribution in [1.29, 1.82) is 0 Å². The first-order valence-corrected chi connectivity index (χ1v) is 7.88. The predicted octanol–water partition coefficient (Wildman–Crippen LogP) is 3.87. The second kappa shape index (κ2) is 6.99. The monoisotopic (exact) mass is 329 g/mol. The Morgan fingerprint density at radius 2 is 1.71 bits per heavy atom. The van der Waals surface area contributed by atoms with Crippen molar-refractivity contribution in [1.82, 2.24) is 4.98 Å². The van der Waals surface area contributed by atoms with Crippen LogP contribution in [0.2, 0.25) is 0 Å². The molecule has 0 spiro atoms. The number of amides is 1. The number of halogens is 1. The second-order valence-corrected chi connectivity index (χ2v) is 7.04. The van der Waals surface area contributed by atoms with Gasteiger partial charge in [-0.15, -0.1) is 0 Å². The van der Waals surface area contributed by atoms with E-state index < -0.39 is 5.41 Å². The molecule has 128 valence electrons. The average Bonchev–Trinajstić information content (AvgIpc) is 2.52. The molecule has 4 nitrogen and oxygen atoms in total. The fourth-order valence-electron chi connectivity index (χ4n) is 2.26. The van der Waals surface area contributed by atoms with Gasteiger partial charge in [-0.25, -0.2) is 9.37 Å². The van der Waals surface area contributed by atoms with Crippen molar-refractivity contribution < 1.29 is 9.18 Å². The molecule has 1 heterocycles. The molecule has 0 aliphatic rings. The predicted molar refractivity (Wildman–Crippen MR) is 95.6 cm³/mol. The van der Waals surface area contributed by atoms with Gasteiger partial charge in [0, 0.05) is 31.4 Å². The number of pyridine rings is 1. The Labute approximate surface area is 142 Å². The van der Waals surface area contributed by atoms with Crippen LogP contribution in [0.1, 0.15) is 26.3 Å². The molecule has 2 aromatic rings. The zero-order valence-corrected chi connectivity index (χ0v) is 14.9. The van der Waals surface area contributed by atoms with Gasteiger partial charge < -0.3 is 9.80 Å². The van der Waals surface area contributed by atoms with Crippen LogP contribution in [0.3, 0.4) is 0 Å². The molecule has 0 atom stereocenters. The fraction of sp³-hybridized carbons (Fsp3) is 0.368. The number of hydrogen-bond donors (Lipinski definition) is 0. The molecule has 0 radical (unpaired) electrons. The highest BCUT2D eigenvalue weighted by Gasteiger charge is 2.28. The van der Waals surface area contributed by atoms with Crippen LogP contribution in [0, 0.1) is 11.2 Å². The lowest BCUT2D eigenvalue weighted by Gasteiger charge is -2.29. The van der Waals surface area contributed by atoms with Crippen LogP contribution in [0.4, 0.5) is 15.9 Å². The van der Waals surface area contributed by atoms with Gasteiger partial charge in [-0.1, -0.05) is 26.8 Å². The van der Waals surface area contributed by atoms with Crippen LogP contribution in [0.25, 0.3) is 0 Å². The summed E-state index contributed by atoms with van der Waals surface area (Å²) in [4.78, 5) is 20.8. The molecule has 0 saturated carbocycles. The normalized spacial score (nSPS) is 11.2. The van der Waals surface area contributed by atoms with E-state index in [0.717, 1.165) is 11.4 Å². The minimum absolute atomic E-state index is 0.0224. The smallest absolute Gasteiger partial charge is 0.232 e. The van der Waals surface area contributed by atoms with Crippen LogP contribution >= 0.6 is 0 Å². The summed E-state index contributed by atoms with van der Waals surface area (Å²) in [6.45, 7) is 6.01. The van der Waals surface area contributed by atoms with Crippen molar-refractivity contribution in [3.8, 4) is 0 Å². The van der Waals surface area contributed by atoms with Gasteiger partial charge in [-0.05, 0) is 35.9 Å². The molecular formula is C19H24FN3O. The van der Waals surface area contributed by atoms with E-state index in [0.29, 0.717) is 12.2 Å². The van der Waals surface area contributed by atoms with E-state index >= 15 is 0 Å². The fourth-order valence-corrected chi connectivity index (χ4v) is 2.26. The van der Waals surface area contributed by atoms with E-state index in [4.69, 9.17) is 0 Å². The van der Waals surface area contributed by atoms with Crippen LogP contribution in [0.5, 0.6) is 0 Å². The van der Waals surface area contributed by atoms with Gasteiger partial charge in [-0.3, -0.25) is 4.79 Å². The lowest BCUT2D eigenvalue weighted by atomic mass is 9.94. The van der Waals surface area contributed by atoms with Crippen molar-refractivity contribution >= 4 is 17.4 Å². The minimum atomic E-state index is -0.536. The molecule has 0 unspecified atom stereocenters. The molecule has 24 heavy (non-hydrogen) atoms. The van der Waals surface area contributed by atoms with E-state index in [1.54, 1.807) is 23.2 Å². The Bertz CT molecular complexity index is 688. The van der Waals surface area contributed by atoms with Crippen LogP contribution < -0.4 is 9.80 Å². The van der Waals surface area contributed by atoms with Crippen LogP contribution in [-0.4, -0.2) is 25.0 Å². The third kappa shape index (κ3) is 4.31. The van der Waals surface area contributed by atoms with Gasteiger partial charge in [0.25, 0.3) is 0 Å². The van der Waals surface area contributed by atoms with Gasteiger partial charge in [-0.2, -0.15) is 0 Å². The summed E-state index contributed by atoms with van der Waals surface area (Å²) in [6.07, 6.45) is 1.77. The first kappa shape index (κ1) is 17.9. The zero-order valence-electron chi connectivity index (χ0n) is 14.9. The second-order valence-electron chi connectivity index (χ2n) is 7.04. The molecule has 0 aliphatic heterocycles. The van der Waals surface area contributed by atoms with Crippen molar-refractivity contribution in [3.63, 3.8) is 0 Å². The van der Waals surface area contributed by atoms with E-state index in [2.05, 4.69) is 4.98 Å². The first-order chi connectivity index (χ1) is 11.2. The standard InChI is InChI=1S/C19H24FN3O/c1-19(2,3)18(24)23(16-9-7-15(20)8-10-16)13-14-6-11-17(21-12-14)22(4)5/h6-12H,13H2,1-5H3. The summed E-state index contributed by atoms with van der Waals surface area (Å²) in [5, 5.41) is 0. The Hall–Kier alpha value is -2.43. The Morgan fingerprint density at radius 3 is 2.17 bits per heavy atom. The highest BCUT2D eigenvalue weighted by molar-refractivity contribution is 5.96. The number of benzene rings is 1. The molecule has 1 amide bonds. The molecule has 1 aromatic carbocycles. The molecule has 0 aliphatic carbocycles.